The van der Waals surface area contributed by atoms with E-state index in [0.29, 0.717) is 12.0 Å². The Balaban J connectivity index is 1.83. The molecule has 18 heavy (non-hydrogen) atoms. The van der Waals surface area contributed by atoms with Crippen LogP contribution in [-0.4, -0.2) is 17.8 Å². The van der Waals surface area contributed by atoms with Crippen molar-refractivity contribution in [1.82, 2.24) is 5.32 Å². The number of hydrogen-bond donors (Lipinski definition) is 2. The molecule has 2 nitrogen and oxygen atoms in total. The van der Waals surface area contributed by atoms with E-state index in [-0.39, 0.29) is 6.10 Å². The highest BCUT2D eigenvalue weighted by atomic mass is 79.9. The molecule has 0 amide bonds. The normalized spacial score (nSPS) is 25.9. The van der Waals surface area contributed by atoms with Gasteiger partial charge in [-0.3, -0.25) is 0 Å². The lowest BCUT2D eigenvalue weighted by Crippen LogP contribution is -2.34. The number of aliphatic hydroxyl groups is 1. The van der Waals surface area contributed by atoms with E-state index in [4.69, 9.17) is 0 Å². The van der Waals surface area contributed by atoms with Gasteiger partial charge in [0.2, 0.25) is 0 Å². The van der Waals surface area contributed by atoms with E-state index in [1.54, 1.807) is 0 Å². The second-order valence-electron chi connectivity index (χ2n) is 5.29. The Labute approximate surface area is 118 Å². The van der Waals surface area contributed by atoms with E-state index < -0.39 is 0 Å². The summed E-state index contributed by atoms with van der Waals surface area (Å²) in [5.74, 6) is 0.427. The molecule has 0 saturated heterocycles. The average Bonchev–Trinajstić information content (AvgIpc) is 2.38. The molecule has 1 fully saturated rings. The van der Waals surface area contributed by atoms with Gasteiger partial charge in [0, 0.05) is 17.1 Å². The van der Waals surface area contributed by atoms with Gasteiger partial charge in [-0.1, -0.05) is 40.9 Å². The summed E-state index contributed by atoms with van der Waals surface area (Å²) in [6, 6.07) is 8.76. The molecule has 0 aliphatic heterocycles. The first-order chi connectivity index (χ1) is 8.66. The van der Waals surface area contributed by atoms with Crippen LogP contribution in [0.15, 0.2) is 28.7 Å². The summed E-state index contributed by atoms with van der Waals surface area (Å²) in [5, 5.41) is 13.5. The van der Waals surface area contributed by atoms with Crippen molar-refractivity contribution in [3.05, 3.63) is 34.3 Å². The zero-order valence-corrected chi connectivity index (χ0v) is 12.5. The zero-order chi connectivity index (χ0) is 13.0. The van der Waals surface area contributed by atoms with Crippen molar-refractivity contribution in [2.24, 2.45) is 5.92 Å². The van der Waals surface area contributed by atoms with Crippen LogP contribution in [0.2, 0.25) is 0 Å². The van der Waals surface area contributed by atoms with Gasteiger partial charge in [-0.05, 0) is 43.4 Å². The minimum Gasteiger partial charge on any atom is -0.393 e. The van der Waals surface area contributed by atoms with E-state index in [2.05, 4.69) is 52.4 Å². The molecule has 3 unspecified atom stereocenters. The number of rotatable bonds is 4. The number of halogens is 1. The van der Waals surface area contributed by atoms with Crippen LogP contribution in [0, 0.1) is 5.92 Å². The van der Waals surface area contributed by atoms with Crippen LogP contribution in [0.3, 0.4) is 0 Å². The highest BCUT2D eigenvalue weighted by Gasteiger charge is 2.23. The van der Waals surface area contributed by atoms with Crippen LogP contribution < -0.4 is 5.32 Å². The second kappa shape index (κ2) is 6.69. The molecule has 0 spiro atoms. The van der Waals surface area contributed by atoms with E-state index >= 15 is 0 Å². The lowest BCUT2D eigenvalue weighted by Gasteiger charge is -2.29. The highest BCUT2D eigenvalue weighted by molar-refractivity contribution is 9.10. The summed E-state index contributed by atoms with van der Waals surface area (Å²) in [6.07, 6.45) is 4.46. The standard InChI is InChI=1S/C15H22BrNO/c1-11(12-6-8-14(16)9-7-12)17-10-13-4-2-3-5-15(13)18/h6-9,11,13,15,17-18H,2-5,10H2,1H3. The minimum atomic E-state index is -0.108. The Morgan fingerprint density at radius 1 is 1.28 bits per heavy atom. The van der Waals surface area contributed by atoms with Gasteiger partial charge in [-0.2, -0.15) is 0 Å². The highest BCUT2D eigenvalue weighted by Crippen LogP contribution is 2.24. The van der Waals surface area contributed by atoms with Crippen LogP contribution in [0.25, 0.3) is 0 Å². The van der Waals surface area contributed by atoms with E-state index in [1.165, 1.54) is 18.4 Å². The molecule has 1 aromatic rings. The molecule has 3 atom stereocenters. The Bertz CT molecular complexity index is 365. The van der Waals surface area contributed by atoms with Crippen molar-refractivity contribution >= 4 is 15.9 Å². The predicted octanol–water partition coefficient (Wildman–Crippen LogP) is 3.65. The van der Waals surface area contributed by atoms with Gasteiger partial charge in [0.25, 0.3) is 0 Å². The Kier molecular flexibility index (Phi) is 5.22. The maximum Gasteiger partial charge on any atom is 0.0580 e. The van der Waals surface area contributed by atoms with Gasteiger partial charge in [0.05, 0.1) is 6.10 Å². The van der Waals surface area contributed by atoms with Gasteiger partial charge in [0.1, 0.15) is 0 Å². The summed E-state index contributed by atoms with van der Waals surface area (Å²) < 4.78 is 1.11. The fourth-order valence-corrected chi connectivity index (χ4v) is 2.89. The molecule has 2 rings (SSSR count). The van der Waals surface area contributed by atoms with Gasteiger partial charge in [0.15, 0.2) is 0 Å². The van der Waals surface area contributed by atoms with Crippen LogP contribution in [-0.2, 0) is 0 Å². The van der Waals surface area contributed by atoms with E-state index in [9.17, 15) is 5.11 Å². The van der Waals surface area contributed by atoms with Gasteiger partial charge < -0.3 is 10.4 Å². The average molecular weight is 312 g/mol. The number of aliphatic hydroxyl groups excluding tert-OH is 1. The summed E-state index contributed by atoms with van der Waals surface area (Å²) in [4.78, 5) is 0. The van der Waals surface area contributed by atoms with Gasteiger partial charge in [-0.15, -0.1) is 0 Å². The van der Waals surface area contributed by atoms with Crippen molar-refractivity contribution in [3.8, 4) is 0 Å². The third-order valence-corrected chi connectivity index (χ3v) is 4.45. The lowest BCUT2D eigenvalue weighted by molar-refractivity contribution is 0.0684. The first kappa shape index (κ1) is 14.0. The molecule has 2 N–H and O–H groups in total. The molecule has 0 bridgehead atoms. The maximum absolute atomic E-state index is 9.94. The van der Waals surface area contributed by atoms with Crippen LogP contribution in [0.1, 0.15) is 44.2 Å². The first-order valence-corrected chi connectivity index (χ1v) is 7.63. The fourth-order valence-electron chi connectivity index (χ4n) is 2.62. The largest absolute Gasteiger partial charge is 0.393 e. The van der Waals surface area contributed by atoms with Crippen molar-refractivity contribution in [1.29, 1.82) is 0 Å². The van der Waals surface area contributed by atoms with Crippen molar-refractivity contribution in [2.45, 2.75) is 44.8 Å². The van der Waals surface area contributed by atoms with Crippen LogP contribution in [0.4, 0.5) is 0 Å². The molecule has 1 aliphatic rings. The molecule has 1 aromatic carbocycles. The molecular formula is C15H22BrNO. The van der Waals surface area contributed by atoms with Crippen LogP contribution >= 0.6 is 15.9 Å². The SMILES string of the molecule is CC(NCC1CCCCC1O)c1ccc(Br)cc1. The number of hydrogen-bond acceptors (Lipinski definition) is 2. The Morgan fingerprint density at radius 2 is 1.94 bits per heavy atom. The Morgan fingerprint density at radius 3 is 2.61 bits per heavy atom. The molecule has 0 heterocycles. The molecule has 0 aromatic heterocycles. The van der Waals surface area contributed by atoms with Crippen LogP contribution in [0.5, 0.6) is 0 Å². The van der Waals surface area contributed by atoms with Crippen molar-refractivity contribution in [3.63, 3.8) is 0 Å². The number of benzene rings is 1. The third-order valence-electron chi connectivity index (χ3n) is 3.93. The van der Waals surface area contributed by atoms with Crippen molar-refractivity contribution in [2.75, 3.05) is 6.54 Å². The maximum atomic E-state index is 9.94. The summed E-state index contributed by atoms with van der Waals surface area (Å²) in [7, 11) is 0. The topological polar surface area (TPSA) is 32.3 Å². The van der Waals surface area contributed by atoms with Gasteiger partial charge in [-0.25, -0.2) is 0 Å². The smallest absolute Gasteiger partial charge is 0.0580 e. The molecule has 3 heteroatoms. The van der Waals surface area contributed by atoms with Gasteiger partial charge >= 0.3 is 0 Å². The Hall–Kier alpha value is -0.380. The molecule has 1 aliphatic carbocycles. The molecule has 100 valence electrons. The fraction of sp³-hybridized carbons (Fsp3) is 0.600. The number of nitrogens with one attached hydrogen (secondary N) is 1. The first-order valence-electron chi connectivity index (χ1n) is 6.83. The summed E-state index contributed by atoms with van der Waals surface area (Å²) in [5.41, 5.74) is 1.29. The minimum absolute atomic E-state index is 0.108. The molecular weight excluding hydrogens is 290 g/mol. The molecule has 0 radical (unpaired) electrons. The second-order valence-corrected chi connectivity index (χ2v) is 6.21. The predicted molar refractivity (Wildman–Crippen MR) is 78.5 cm³/mol. The monoisotopic (exact) mass is 311 g/mol. The van der Waals surface area contributed by atoms with E-state index in [1.807, 2.05) is 0 Å². The lowest BCUT2D eigenvalue weighted by atomic mass is 9.86. The van der Waals surface area contributed by atoms with E-state index in [0.717, 1.165) is 23.9 Å². The van der Waals surface area contributed by atoms with Crippen molar-refractivity contribution < 1.29 is 5.11 Å². The zero-order valence-electron chi connectivity index (χ0n) is 10.9. The summed E-state index contributed by atoms with van der Waals surface area (Å²) >= 11 is 3.45. The summed E-state index contributed by atoms with van der Waals surface area (Å²) in [6.45, 7) is 3.09. The molecule has 1 saturated carbocycles. The quantitative estimate of drug-likeness (QED) is 0.889. The third kappa shape index (κ3) is 3.81.